The van der Waals surface area contributed by atoms with Crippen LogP contribution in [0.25, 0.3) is 76.1 Å². The third-order valence-corrected chi connectivity index (χ3v) is 15.6. The van der Waals surface area contributed by atoms with E-state index in [0.717, 1.165) is 100 Å². The lowest BCUT2D eigenvalue weighted by atomic mass is 9.66. The highest BCUT2D eigenvalue weighted by atomic mass is 32.2. The normalized spacial score (nSPS) is 13.5. The third kappa shape index (κ3) is 5.13. The van der Waals surface area contributed by atoms with Gasteiger partial charge in [-0.3, -0.25) is 9.97 Å². The van der Waals surface area contributed by atoms with Gasteiger partial charge in [-0.2, -0.15) is 0 Å². The van der Waals surface area contributed by atoms with Crippen LogP contribution >= 0.6 is 11.8 Å². The average Bonchev–Trinajstić information content (AvgIpc) is 4.03. The molecule has 0 saturated heterocycles. The fraction of sp³-hybridized carbons (Fsp3) is 0.0164. The van der Waals surface area contributed by atoms with Gasteiger partial charge in [-0.15, -0.1) is 0 Å². The highest BCUT2D eigenvalue weighted by Gasteiger charge is 2.52. The zero-order chi connectivity index (χ0) is 46.2. The van der Waals surface area contributed by atoms with Gasteiger partial charge in [0.15, 0.2) is 11.4 Å². The molecule has 9 heteroatoms. The van der Waals surface area contributed by atoms with Gasteiger partial charge in [0.25, 0.3) is 0 Å². The van der Waals surface area contributed by atoms with E-state index in [9.17, 15) is 0 Å². The summed E-state index contributed by atoms with van der Waals surface area (Å²) in [6, 6.07) is 65.9. The second-order valence-electron chi connectivity index (χ2n) is 17.9. The van der Waals surface area contributed by atoms with Gasteiger partial charge in [0.05, 0.1) is 63.4 Å². The maximum absolute atomic E-state index is 7.79. The number of aromatic nitrogens is 4. The second-order valence-corrected chi connectivity index (χ2v) is 19.0. The van der Waals surface area contributed by atoms with Crippen molar-refractivity contribution in [1.82, 2.24) is 19.1 Å². The van der Waals surface area contributed by atoms with Gasteiger partial charge in [-0.1, -0.05) is 90.6 Å². The van der Waals surface area contributed by atoms with Crippen molar-refractivity contribution in [2.75, 3.05) is 4.90 Å². The van der Waals surface area contributed by atoms with Crippen LogP contribution in [0.4, 0.5) is 28.4 Å². The number of para-hydroxylation sites is 3. The topological polar surface area (TPSA) is 56.8 Å². The number of rotatable bonds is 3. The van der Waals surface area contributed by atoms with Crippen molar-refractivity contribution < 1.29 is 4.74 Å². The Hall–Kier alpha value is -9.41. The fourth-order valence-electron chi connectivity index (χ4n) is 11.6. The van der Waals surface area contributed by atoms with E-state index in [1.807, 2.05) is 72.7 Å². The first-order valence-electron chi connectivity index (χ1n) is 23.0. The predicted octanol–water partition coefficient (Wildman–Crippen LogP) is 16.2. The Balaban J connectivity index is 0.950. The Bertz CT molecular complexity index is 4220. The zero-order valence-corrected chi connectivity index (χ0v) is 37.8. The summed E-state index contributed by atoms with van der Waals surface area (Å²) in [4.78, 5) is 22.3. The van der Waals surface area contributed by atoms with Crippen LogP contribution in [0.5, 0.6) is 11.5 Å². The lowest BCUT2D eigenvalue weighted by Gasteiger charge is -2.39. The summed E-state index contributed by atoms with van der Waals surface area (Å²) < 4.78 is 11.9. The van der Waals surface area contributed by atoms with Crippen molar-refractivity contribution in [3.8, 4) is 34.3 Å². The van der Waals surface area contributed by atoms with E-state index < -0.39 is 5.41 Å². The van der Waals surface area contributed by atoms with Crippen LogP contribution in [-0.2, 0) is 5.41 Å². The fourth-order valence-corrected chi connectivity index (χ4v) is 12.7. The molecule has 0 fully saturated rings. The zero-order valence-electron chi connectivity index (χ0n) is 37.0. The van der Waals surface area contributed by atoms with Gasteiger partial charge in [0, 0.05) is 73.3 Å². The third-order valence-electron chi connectivity index (χ3n) is 14.5. The Morgan fingerprint density at radius 3 is 1.49 bits per heavy atom. The van der Waals surface area contributed by atoms with Crippen LogP contribution in [0.2, 0.25) is 0 Å². The number of pyridine rings is 2. The Morgan fingerprint density at radius 2 is 0.914 bits per heavy atom. The molecule has 3 aliphatic rings. The predicted molar refractivity (Wildman–Crippen MR) is 279 cm³/mol. The molecule has 1 spiro atoms. The maximum Gasteiger partial charge on any atom is 0.188 e. The summed E-state index contributed by atoms with van der Waals surface area (Å²) in [5.41, 5.74) is 15.5. The monoisotopic (exact) mass is 911 g/mol. The molecule has 0 radical (unpaired) electrons. The molecule has 0 bridgehead atoms. The molecule has 0 atom stereocenters. The molecule has 12 aromatic rings. The number of hydrogen-bond donors (Lipinski definition) is 0. The molecular formula is C61H33N7OS. The summed E-state index contributed by atoms with van der Waals surface area (Å²) >= 11 is 1.81. The largest absolute Gasteiger partial charge is 0.457 e. The smallest absolute Gasteiger partial charge is 0.188 e. The van der Waals surface area contributed by atoms with Crippen molar-refractivity contribution in [2.45, 2.75) is 15.2 Å². The minimum atomic E-state index is -0.794. The van der Waals surface area contributed by atoms with Gasteiger partial charge in [-0.05, 0) is 119 Å². The molecule has 0 amide bonds. The molecule has 6 heterocycles. The van der Waals surface area contributed by atoms with E-state index in [1.165, 1.54) is 21.2 Å². The standard InChI is InChI=1S/C61H33N7OS/c1-62-36-19-26-50-42(31-36)43-32-37(63-2)20-27-51(43)67(50)40-22-25-46-56(35-40)69-55-34-39(21-24-45(55)61(46)47-12-9-29-64-59(47)60-48(61)13-10-30-65-60)66-49-14-4-3-11-41(49)44-33-38(23-28-52(44)66)68-53-15-5-7-17-57(53)70-58-18-8-6-16-54(58)68/h3-35H. The first-order chi connectivity index (χ1) is 34.6. The molecular weight excluding hydrogens is 879 g/mol. The summed E-state index contributed by atoms with van der Waals surface area (Å²) in [6.07, 6.45) is 3.69. The molecule has 15 rings (SSSR count). The Kier molecular flexibility index (Phi) is 7.90. The van der Waals surface area contributed by atoms with Crippen molar-refractivity contribution in [1.29, 1.82) is 0 Å². The van der Waals surface area contributed by atoms with Crippen molar-refractivity contribution in [2.24, 2.45) is 0 Å². The van der Waals surface area contributed by atoms with Crippen molar-refractivity contribution in [3.63, 3.8) is 0 Å². The molecule has 8 aromatic carbocycles. The number of fused-ring (bicyclic) bond motifs is 17. The number of nitrogens with zero attached hydrogens (tertiary/aromatic N) is 7. The van der Waals surface area contributed by atoms with Crippen molar-refractivity contribution in [3.05, 3.63) is 246 Å². The summed E-state index contributed by atoms with van der Waals surface area (Å²) in [5.74, 6) is 1.45. The quantitative estimate of drug-likeness (QED) is 0.165. The van der Waals surface area contributed by atoms with E-state index in [1.54, 1.807) is 0 Å². The van der Waals surface area contributed by atoms with Crippen LogP contribution < -0.4 is 9.64 Å². The Labute approximate surface area is 405 Å². The number of anilines is 3. The van der Waals surface area contributed by atoms with Gasteiger partial charge in [0.2, 0.25) is 0 Å². The molecule has 8 nitrogen and oxygen atoms in total. The van der Waals surface area contributed by atoms with E-state index in [-0.39, 0.29) is 0 Å². The molecule has 324 valence electrons. The SMILES string of the molecule is [C-]#[N+]c1ccc2c(c1)c1cc([N+]#[C-])ccc1n2-c1ccc2c(c1)Oc1cc(-n3c4ccccc4c4cc(N5c6ccccc6Sc6ccccc65)ccc43)ccc1C21c2cccnc2-c2ncccc21. The molecule has 4 aromatic heterocycles. The van der Waals surface area contributed by atoms with Gasteiger partial charge < -0.3 is 18.8 Å². The highest BCUT2D eigenvalue weighted by Crippen LogP contribution is 2.62. The van der Waals surface area contributed by atoms with Crippen LogP contribution in [-0.4, -0.2) is 19.1 Å². The van der Waals surface area contributed by atoms with E-state index in [0.29, 0.717) is 17.1 Å². The number of ether oxygens (including phenoxy) is 1. The van der Waals surface area contributed by atoms with Crippen molar-refractivity contribution >= 4 is 83.8 Å². The lowest BCUT2D eigenvalue weighted by Crippen LogP contribution is -2.32. The Morgan fingerprint density at radius 1 is 0.429 bits per heavy atom. The average molecular weight is 912 g/mol. The van der Waals surface area contributed by atoms with Gasteiger partial charge in [0.1, 0.15) is 11.5 Å². The van der Waals surface area contributed by atoms with Gasteiger partial charge in [-0.25, -0.2) is 9.69 Å². The summed E-state index contributed by atoms with van der Waals surface area (Å²) in [5, 5.41) is 4.14. The highest BCUT2D eigenvalue weighted by molar-refractivity contribution is 7.99. The van der Waals surface area contributed by atoms with E-state index in [4.69, 9.17) is 27.8 Å². The summed E-state index contributed by atoms with van der Waals surface area (Å²) in [7, 11) is 0. The van der Waals surface area contributed by atoms with E-state index >= 15 is 0 Å². The lowest BCUT2D eigenvalue weighted by molar-refractivity contribution is 0.436. The van der Waals surface area contributed by atoms with Crippen LogP contribution in [0.3, 0.4) is 0 Å². The maximum atomic E-state index is 7.79. The second kappa shape index (κ2) is 14.3. The number of benzene rings is 8. The van der Waals surface area contributed by atoms with Crippen LogP contribution in [0.1, 0.15) is 22.3 Å². The molecule has 0 N–H and O–H groups in total. The first kappa shape index (κ1) is 38.7. The molecule has 0 saturated carbocycles. The first-order valence-corrected chi connectivity index (χ1v) is 23.8. The minimum Gasteiger partial charge on any atom is -0.457 e. The van der Waals surface area contributed by atoms with E-state index in [2.05, 4.69) is 163 Å². The molecule has 0 unspecified atom stereocenters. The number of hydrogen-bond acceptors (Lipinski definition) is 5. The van der Waals surface area contributed by atoms with Crippen LogP contribution in [0.15, 0.2) is 210 Å². The molecule has 70 heavy (non-hydrogen) atoms. The minimum absolute atomic E-state index is 0.546. The summed E-state index contributed by atoms with van der Waals surface area (Å²) in [6.45, 7) is 15.6. The molecule has 2 aliphatic heterocycles. The molecule has 1 aliphatic carbocycles. The van der Waals surface area contributed by atoms with Crippen LogP contribution in [0, 0.1) is 13.1 Å². The van der Waals surface area contributed by atoms with Gasteiger partial charge >= 0.3 is 0 Å².